The number of nitrogens with one attached hydrogen (secondary N) is 2. The predicted molar refractivity (Wildman–Crippen MR) is 104 cm³/mol. The molecule has 2 N–H and O–H groups in total. The first-order chi connectivity index (χ1) is 11.3. The van der Waals surface area contributed by atoms with E-state index in [1.54, 1.807) is 0 Å². The van der Waals surface area contributed by atoms with Crippen molar-refractivity contribution in [2.24, 2.45) is 0 Å². The number of hydrogen-bond donors (Lipinski definition) is 2. The van der Waals surface area contributed by atoms with E-state index in [1.807, 2.05) is 30.3 Å². The van der Waals surface area contributed by atoms with Crippen LogP contribution in [0.25, 0.3) is 0 Å². The summed E-state index contributed by atoms with van der Waals surface area (Å²) in [7, 11) is 0. The van der Waals surface area contributed by atoms with E-state index < -0.39 is 0 Å². The van der Waals surface area contributed by atoms with Crippen LogP contribution in [-0.4, -0.2) is 10.7 Å². The van der Waals surface area contributed by atoms with Gasteiger partial charge >= 0.3 is 0 Å². The first-order valence-corrected chi connectivity index (χ1v) is 8.74. The van der Waals surface area contributed by atoms with Crippen LogP contribution in [0.1, 0.15) is 37.4 Å². The molecule has 1 atom stereocenters. The Bertz CT molecular complexity index is 776. The molecule has 126 valence electrons. The second kappa shape index (κ2) is 6.61. The number of ether oxygens (including phenoxy) is 1. The van der Waals surface area contributed by atoms with Crippen molar-refractivity contribution in [3.05, 3.63) is 58.6 Å². The van der Waals surface area contributed by atoms with Crippen LogP contribution in [0.4, 0.5) is 5.69 Å². The molecule has 0 saturated heterocycles. The molecule has 2 aromatic carbocycles. The van der Waals surface area contributed by atoms with Crippen LogP contribution in [-0.2, 0) is 0 Å². The van der Waals surface area contributed by atoms with Gasteiger partial charge in [-0.05, 0) is 68.9 Å². The zero-order chi connectivity index (χ0) is 17.3. The molecule has 0 saturated carbocycles. The van der Waals surface area contributed by atoms with Gasteiger partial charge in [-0.2, -0.15) is 0 Å². The van der Waals surface area contributed by atoms with Crippen molar-refractivity contribution in [3.8, 4) is 5.75 Å². The third kappa shape index (κ3) is 4.00. The highest BCUT2D eigenvalue weighted by atomic mass is 35.5. The van der Waals surface area contributed by atoms with Crippen molar-refractivity contribution < 1.29 is 4.74 Å². The minimum absolute atomic E-state index is 0.0484. The molecule has 3 rings (SSSR count). The molecule has 24 heavy (non-hydrogen) atoms. The van der Waals surface area contributed by atoms with Crippen molar-refractivity contribution >= 4 is 34.6 Å². The van der Waals surface area contributed by atoms with Gasteiger partial charge in [0.1, 0.15) is 11.4 Å². The number of hydrogen-bond acceptors (Lipinski definition) is 2. The fourth-order valence-electron chi connectivity index (χ4n) is 3.00. The highest BCUT2D eigenvalue weighted by Crippen LogP contribution is 2.40. The molecular formula is C19H21ClN2OS. The van der Waals surface area contributed by atoms with Gasteiger partial charge < -0.3 is 15.4 Å². The summed E-state index contributed by atoms with van der Waals surface area (Å²) in [6.45, 7) is 6.22. The molecule has 0 amide bonds. The summed E-state index contributed by atoms with van der Waals surface area (Å²) in [6, 6.07) is 13.9. The Kier molecular flexibility index (Phi) is 4.70. The van der Waals surface area contributed by atoms with Gasteiger partial charge in [0.2, 0.25) is 0 Å². The monoisotopic (exact) mass is 360 g/mol. The van der Waals surface area contributed by atoms with E-state index >= 15 is 0 Å². The first kappa shape index (κ1) is 17.1. The Balaban J connectivity index is 1.79. The SMILES string of the molecule is Cc1cccc(NC(=S)N[C@@H]2CC(C)(C)Oc3ccc(Cl)cc32)c1. The molecular weight excluding hydrogens is 340 g/mol. The summed E-state index contributed by atoms with van der Waals surface area (Å²) < 4.78 is 6.06. The van der Waals surface area contributed by atoms with Crippen molar-refractivity contribution in [2.75, 3.05) is 5.32 Å². The lowest BCUT2D eigenvalue weighted by Crippen LogP contribution is -2.42. The molecule has 3 nitrogen and oxygen atoms in total. The minimum Gasteiger partial charge on any atom is -0.487 e. The lowest BCUT2D eigenvalue weighted by atomic mass is 9.90. The second-order valence-corrected chi connectivity index (χ2v) is 7.61. The minimum atomic E-state index is -0.266. The highest BCUT2D eigenvalue weighted by molar-refractivity contribution is 7.80. The quantitative estimate of drug-likeness (QED) is 0.718. The zero-order valence-corrected chi connectivity index (χ0v) is 15.6. The maximum Gasteiger partial charge on any atom is 0.171 e. The summed E-state index contributed by atoms with van der Waals surface area (Å²) in [5.41, 5.74) is 2.93. The van der Waals surface area contributed by atoms with Crippen LogP contribution >= 0.6 is 23.8 Å². The maximum atomic E-state index is 6.16. The van der Waals surface area contributed by atoms with Crippen LogP contribution < -0.4 is 15.4 Å². The third-order valence-electron chi connectivity index (χ3n) is 4.01. The summed E-state index contributed by atoms with van der Waals surface area (Å²) >= 11 is 11.7. The number of thiocarbonyl (C=S) groups is 1. The molecule has 2 aromatic rings. The molecule has 0 bridgehead atoms. The first-order valence-electron chi connectivity index (χ1n) is 7.95. The number of benzene rings is 2. The van der Waals surface area contributed by atoms with Crippen LogP contribution in [0.3, 0.4) is 0 Å². The Hall–Kier alpha value is -1.78. The van der Waals surface area contributed by atoms with Gasteiger partial charge in [-0.3, -0.25) is 0 Å². The molecule has 0 fully saturated rings. The molecule has 0 unspecified atom stereocenters. The molecule has 0 aromatic heterocycles. The molecule has 1 heterocycles. The number of halogens is 1. The van der Waals surface area contributed by atoms with Crippen molar-refractivity contribution in [2.45, 2.75) is 38.8 Å². The molecule has 5 heteroatoms. The average Bonchev–Trinajstić information content (AvgIpc) is 2.47. The van der Waals surface area contributed by atoms with E-state index in [0.29, 0.717) is 10.1 Å². The Morgan fingerprint density at radius 2 is 2.04 bits per heavy atom. The van der Waals surface area contributed by atoms with Gasteiger partial charge in [0.25, 0.3) is 0 Å². The third-order valence-corrected chi connectivity index (χ3v) is 4.47. The van der Waals surface area contributed by atoms with Crippen LogP contribution in [0.5, 0.6) is 5.75 Å². The lowest BCUT2D eigenvalue weighted by molar-refractivity contribution is 0.0697. The average molecular weight is 361 g/mol. The van der Waals surface area contributed by atoms with E-state index in [1.165, 1.54) is 5.56 Å². The summed E-state index contributed by atoms with van der Waals surface area (Å²) in [6.07, 6.45) is 0.802. The van der Waals surface area contributed by atoms with Gasteiger partial charge in [0.15, 0.2) is 5.11 Å². The summed E-state index contributed by atoms with van der Waals surface area (Å²) in [5.74, 6) is 0.853. The van der Waals surface area contributed by atoms with E-state index in [4.69, 9.17) is 28.6 Å². The molecule has 1 aliphatic heterocycles. The summed E-state index contributed by atoms with van der Waals surface area (Å²) in [5, 5.41) is 7.94. The topological polar surface area (TPSA) is 33.3 Å². The van der Waals surface area contributed by atoms with Gasteiger partial charge in [0, 0.05) is 22.7 Å². The summed E-state index contributed by atoms with van der Waals surface area (Å²) in [4.78, 5) is 0. The van der Waals surface area contributed by atoms with Crippen molar-refractivity contribution in [1.82, 2.24) is 5.32 Å². The fourth-order valence-corrected chi connectivity index (χ4v) is 3.44. The number of fused-ring (bicyclic) bond motifs is 1. The molecule has 0 radical (unpaired) electrons. The van der Waals surface area contributed by atoms with Gasteiger partial charge in [-0.1, -0.05) is 23.7 Å². The van der Waals surface area contributed by atoms with Gasteiger partial charge in [-0.15, -0.1) is 0 Å². The Morgan fingerprint density at radius 1 is 1.25 bits per heavy atom. The van der Waals surface area contributed by atoms with Gasteiger partial charge in [-0.25, -0.2) is 0 Å². The van der Waals surface area contributed by atoms with Crippen LogP contribution in [0.15, 0.2) is 42.5 Å². The smallest absolute Gasteiger partial charge is 0.171 e. The standard InChI is InChI=1S/C19H21ClN2OS/c1-12-5-4-6-14(9-12)21-18(24)22-16-11-19(2,3)23-17-8-7-13(20)10-15(16)17/h4-10,16H,11H2,1-3H3,(H2,21,22,24)/t16-/m1/s1. The molecule has 0 spiro atoms. The number of aryl methyl sites for hydroxylation is 1. The van der Waals surface area contributed by atoms with E-state index in [0.717, 1.165) is 23.4 Å². The van der Waals surface area contributed by atoms with Crippen LogP contribution in [0.2, 0.25) is 5.02 Å². The van der Waals surface area contributed by atoms with Gasteiger partial charge in [0.05, 0.1) is 6.04 Å². The Labute approximate surface area is 153 Å². The number of rotatable bonds is 2. The maximum absolute atomic E-state index is 6.16. The fraction of sp³-hybridized carbons (Fsp3) is 0.316. The van der Waals surface area contributed by atoms with E-state index in [9.17, 15) is 0 Å². The predicted octanol–water partition coefficient (Wildman–Crippen LogP) is 5.24. The van der Waals surface area contributed by atoms with E-state index in [-0.39, 0.29) is 11.6 Å². The normalized spacial score (nSPS) is 18.2. The lowest BCUT2D eigenvalue weighted by Gasteiger charge is -2.38. The van der Waals surface area contributed by atoms with Crippen molar-refractivity contribution in [3.63, 3.8) is 0 Å². The zero-order valence-electron chi connectivity index (χ0n) is 14.0. The van der Waals surface area contributed by atoms with Crippen LogP contribution in [0, 0.1) is 6.92 Å². The Morgan fingerprint density at radius 3 is 2.79 bits per heavy atom. The largest absolute Gasteiger partial charge is 0.487 e. The number of anilines is 1. The van der Waals surface area contributed by atoms with Crippen molar-refractivity contribution in [1.29, 1.82) is 0 Å². The molecule has 1 aliphatic rings. The highest BCUT2D eigenvalue weighted by Gasteiger charge is 2.34. The van der Waals surface area contributed by atoms with E-state index in [2.05, 4.69) is 43.5 Å². The second-order valence-electron chi connectivity index (χ2n) is 6.77. The molecule has 0 aliphatic carbocycles.